The summed E-state index contributed by atoms with van der Waals surface area (Å²) in [6, 6.07) is 0. The van der Waals surface area contributed by atoms with Gasteiger partial charge in [0.1, 0.15) is 0 Å². The van der Waals surface area contributed by atoms with Crippen LogP contribution in [0, 0.1) is 11.3 Å². The molecule has 0 saturated heterocycles. The van der Waals surface area contributed by atoms with Gasteiger partial charge in [0.2, 0.25) is 0 Å². The molecule has 0 aromatic heterocycles. The Morgan fingerprint density at radius 1 is 1.44 bits per heavy atom. The van der Waals surface area contributed by atoms with Gasteiger partial charge in [-0.25, -0.2) is 0 Å². The molecule has 16 heavy (non-hydrogen) atoms. The Hall–Kier alpha value is -1.11. The fraction of sp³-hybridized carbons (Fsp3) is 0.533. The molecule has 2 aliphatic carbocycles. The number of rotatable bonds is 0. The number of ketones is 1. The fourth-order valence-electron chi connectivity index (χ4n) is 2.73. The molecule has 2 atom stereocenters. The molecule has 2 aliphatic rings. The van der Waals surface area contributed by atoms with Crippen molar-refractivity contribution in [2.45, 2.75) is 40.5 Å². The van der Waals surface area contributed by atoms with E-state index in [0.29, 0.717) is 5.92 Å². The average Bonchev–Trinajstić information content (AvgIpc) is 2.20. The van der Waals surface area contributed by atoms with Gasteiger partial charge >= 0.3 is 0 Å². The van der Waals surface area contributed by atoms with E-state index in [1.807, 2.05) is 19.9 Å². The maximum atomic E-state index is 12.0. The molecule has 0 fully saturated rings. The summed E-state index contributed by atoms with van der Waals surface area (Å²) < 4.78 is 0. The van der Waals surface area contributed by atoms with E-state index in [2.05, 4.69) is 26.0 Å². The van der Waals surface area contributed by atoms with E-state index in [9.17, 15) is 4.79 Å². The van der Waals surface area contributed by atoms with Crippen LogP contribution in [0.5, 0.6) is 0 Å². The highest BCUT2D eigenvalue weighted by molar-refractivity contribution is 6.06. The molecule has 2 rings (SSSR count). The molecule has 0 spiro atoms. The molecule has 0 unspecified atom stereocenters. The van der Waals surface area contributed by atoms with Crippen LogP contribution >= 0.6 is 0 Å². The third kappa shape index (κ3) is 1.59. The number of carbonyl (C=O) groups excluding carboxylic acids is 1. The first-order valence-electron chi connectivity index (χ1n) is 6.04. The van der Waals surface area contributed by atoms with Crippen molar-refractivity contribution in [1.82, 2.24) is 0 Å². The lowest BCUT2D eigenvalue weighted by Crippen LogP contribution is -2.34. The second-order valence-electron chi connectivity index (χ2n) is 5.58. The minimum absolute atomic E-state index is 0.162. The summed E-state index contributed by atoms with van der Waals surface area (Å²) in [5.41, 5.74) is 3.58. The summed E-state index contributed by atoms with van der Waals surface area (Å²) in [5, 5.41) is 0. The number of fused-ring (bicyclic) bond motifs is 1. The van der Waals surface area contributed by atoms with Gasteiger partial charge in [0, 0.05) is 0 Å². The SMILES string of the molecule is CC(C)=C1C[C@@]2(C)C(=CC1=O)C=CC[C@@H]2C. The van der Waals surface area contributed by atoms with Crippen molar-refractivity contribution in [3.63, 3.8) is 0 Å². The molecule has 0 aromatic carbocycles. The Labute approximate surface area is 97.9 Å². The predicted octanol–water partition coefficient (Wildman–Crippen LogP) is 3.82. The summed E-state index contributed by atoms with van der Waals surface area (Å²) in [6.45, 7) is 8.66. The van der Waals surface area contributed by atoms with Gasteiger partial charge < -0.3 is 0 Å². The first kappa shape index (κ1) is 11.4. The summed E-state index contributed by atoms with van der Waals surface area (Å²) in [7, 11) is 0. The van der Waals surface area contributed by atoms with Crippen molar-refractivity contribution in [3.05, 3.63) is 34.9 Å². The van der Waals surface area contributed by atoms with Crippen LogP contribution in [-0.4, -0.2) is 5.78 Å². The zero-order valence-electron chi connectivity index (χ0n) is 10.6. The van der Waals surface area contributed by atoms with Gasteiger partial charge in [-0.1, -0.05) is 31.6 Å². The predicted molar refractivity (Wildman–Crippen MR) is 67.1 cm³/mol. The molecule has 0 saturated carbocycles. The second-order valence-corrected chi connectivity index (χ2v) is 5.58. The maximum absolute atomic E-state index is 12.0. The van der Waals surface area contributed by atoms with Gasteiger partial charge in [-0.05, 0) is 55.2 Å². The van der Waals surface area contributed by atoms with E-state index >= 15 is 0 Å². The van der Waals surface area contributed by atoms with Crippen molar-refractivity contribution >= 4 is 5.78 Å². The maximum Gasteiger partial charge on any atom is 0.182 e. The summed E-state index contributed by atoms with van der Waals surface area (Å²) in [4.78, 5) is 12.0. The van der Waals surface area contributed by atoms with Gasteiger partial charge in [-0.15, -0.1) is 0 Å². The molecule has 0 aliphatic heterocycles. The monoisotopic (exact) mass is 216 g/mol. The molecule has 0 heterocycles. The quantitative estimate of drug-likeness (QED) is 0.562. The van der Waals surface area contributed by atoms with E-state index in [0.717, 1.165) is 18.4 Å². The number of hydrogen-bond donors (Lipinski definition) is 0. The van der Waals surface area contributed by atoms with E-state index in [4.69, 9.17) is 0 Å². The molecule has 86 valence electrons. The van der Waals surface area contributed by atoms with Crippen molar-refractivity contribution in [3.8, 4) is 0 Å². The summed E-state index contributed by atoms with van der Waals surface area (Å²) in [6.07, 6.45) is 8.21. The Bertz CT molecular complexity index is 419. The zero-order chi connectivity index (χ0) is 11.9. The normalized spacial score (nSPS) is 33.5. The molecule has 1 nitrogen and oxygen atoms in total. The smallest absolute Gasteiger partial charge is 0.182 e. The van der Waals surface area contributed by atoms with Crippen molar-refractivity contribution in [2.24, 2.45) is 11.3 Å². The fourth-order valence-corrected chi connectivity index (χ4v) is 2.73. The van der Waals surface area contributed by atoms with E-state index in [-0.39, 0.29) is 11.2 Å². The molecule has 0 bridgehead atoms. The molecule has 0 N–H and O–H groups in total. The summed E-state index contributed by atoms with van der Waals surface area (Å²) >= 11 is 0. The zero-order valence-corrected chi connectivity index (χ0v) is 10.6. The van der Waals surface area contributed by atoms with E-state index in [1.165, 1.54) is 11.1 Å². The van der Waals surface area contributed by atoms with Crippen LogP contribution in [0.3, 0.4) is 0 Å². The highest BCUT2D eigenvalue weighted by Crippen LogP contribution is 2.49. The minimum Gasteiger partial charge on any atom is -0.290 e. The standard InChI is InChI=1S/C15H20O/c1-10(2)13-9-15(4)11(3)6-5-7-12(15)8-14(13)16/h5,7-8,11H,6,9H2,1-4H3/t11-,15+/m0/s1. The largest absolute Gasteiger partial charge is 0.290 e. The van der Waals surface area contributed by atoms with Crippen molar-refractivity contribution in [1.29, 1.82) is 0 Å². The van der Waals surface area contributed by atoms with Crippen LogP contribution in [-0.2, 0) is 4.79 Å². The molecule has 0 amide bonds. The second kappa shape index (κ2) is 3.73. The highest BCUT2D eigenvalue weighted by atomic mass is 16.1. The topological polar surface area (TPSA) is 17.1 Å². The third-order valence-electron chi connectivity index (χ3n) is 4.27. The van der Waals surface area contributed by atoms with Crippen LogP contribution in [0.25, 0.3) is 0 Å². The van der Waals surface area contributed by atoms with Gasteiger partial charge in [0.05, 0.1) is 0 Å². The molecule has 0 radical (unpaired) electrons. The number of hydrogen-bond acceptors (Lipinski definition) is 1. The van der Waals surface area contributed by atoms with Crippen LogP contribution in [0.15, 0.2) is 34.9 Å². The van der Waals surface area contributed by atoms with Gasteiger partial charge in [0.15, 0.2) is 5.78 Å². The van der Waals surface area contributed by atoms with Gasteiger partial charge in [0.25, 0.3) is 0 Å². The highest BCUT2D eigenvalue weighted by Gasteiger charge is 2.40. The lowest BCUT2D eigenvalue weighted by Gasteiger charge is -2.42. The Morgan fingerprint density at radius 2 is 2.12 bits per heavy atom. The Balaban J connectivity index is 2.53. The van der Waals surface area contributed by atoms with E-state index < -0.39 is 0 Å². The number of carbonyl (C=O) groups is 1. The molecular weight excluding hydrogens is 196 g/mol. The van der Waals surface area contributed by atoms with Crippen molar-refractivity contribution in [2.75, 3.05) is 0 Å². The van der Waals surface area contributed by atoms with Gasteiger partial charge in [-0.2, -0.15) is 0 Å². The first-order chi connectivity index (χ1) is 7.45. The third-order valence-corrected chi connectivity index (χ3v) is 4.27. The average molecular weight is 216 g/mol. The minimum atomic E-state index is 0.162. The van der Waals surface area contributed by atoms with Crippen LogP contribution < -0.4 is 0 Å². The first-order valence-corrected chi connectivity index (χ1v) is 6.04. The van der Waals surface area contributed by atoms with Crippen LogP contribution in [0.1, 0.15) is 40.5 Å². The lowest BCUT2D eigenvalue weighted by molar-refractivity contribution is -0.112. The molecular formula is C15H20O. The Morgan fingerprint density at radius 3 is 2.75 bits per heavy atom. The summed E-state index contributed by atoms with van der Waals surface area (Å²) in [5.74, 6) is 0.831. The van der Waals surface area contributed by atoms with Crippen molar-refractivity contribution < 1.29 is 4.79 Å². The van der Waals surface area contributed by atoms with E-state index in [1.54, 1.807) is 0 Å². The van der Waals surface area contributed by atoms with Gasteiger partial charge in [-0.3, -0.25) is 4.79 Å². The molecule has 1 heteroatoms. The Kier molecular flexibility index (Phi) is 2.65. The van der Waals surface area contributed by atoms with Crippen LogP contribution in [0.4, 0.5) is 0 Å². The van der Waals surface area contributed by atoms with Crippen LogP contribution in [0.2, 0.25) is 0 Å². The number of allylic oxidation sites excluding steroid dienone is 6. The molecule has 0 aromatic rings. The lowest BCUT2D eigenvalue weighted by atomic mass is 9.61.